The van der Waals surface area contributed by atoms with E-state index in [1.165, 1.54) is 23.7 Å². The molecule has 0 atom stereocenters. The van der Waals surface area contributed by atoms with E-state index in [0.29, 0.717) is 5.75 Å². The Morgan fingerprint density at radius 3 is 2.81 bits per heavy atom. The van der Waals surface area contributed by atoms with Crippen LogP contribution in [-0.2, 0) is 5.75 Å². The van der Waals surface area contributed by atoms with Crippen molar-refractivity contribution in [2.45, 2.75) is 10.6 Å². The maximum absolute atomic E-state index is 12.7. The lowest BCUT2D eigenvalue weighted by Crippen LogP contribution is -2.06. The minimum absolute atomic E-state index is 0.232. The molecular weight excluding hydrogens is 247 g/mol. The third-order valence-corrected chi connectivity index (χ3v) is 3.60. The third kappa shape index (κ3) is 2.69. The highest BCUT2D eigenvalue weighted by molar-refractivity contribution is 7.98. The molecule has 0 fully saturated rings. The molecule has 7 heteroatoms. The Morgan fingerprint density at radius 2 is 2.12 bits per heavy atom. The number of nitrogens with two attached hydrogens (primary N) is 1. The van der Waals surface area contributed by atoms with Crippen LogP contribution < -0.4 is 11.3 Å². The van der Waals surface area contributed by atoms with Gasteiger partial charge in [-0.3, -0.25) is 0 Å². The average molecular weight is 256 g/mol. The summed E-state index contributed by atoms with van der Waals surface area (Å²) in [5.41, 5.74) is 3.35. The number of nitrogens with zero attached hydrogens (tertiary/aromatic N) is 2. The van der Waals surface area contributed by atoms with E-state index < -0.39 is 0 Å². The summed E-state index contributed by atoms with van der Waals surface area (Å²) >= 11 is 2.77. The van der Waals surface area contributed by atoms with E-state index in [1.807, 2.05) is 0 Å². The van der Waals surface area contributed by atoms with Gasteiger partial charge in [-0.1, -0.05) is 4.49 Å². The summed E-state index contributed by atoms with van der Waals surface area (Å²) in [6.07, 6.45) is 0. The first-order valence-corrected chi connectivity index (χ1v) is 6.21. The number of benzene rings is 1. The number of anilines is 1. The highest BCUT2D eigenvalue weighted by Gasteiger charge is 2.06. The summed E-state index contributed by atoms with van der Waals surface area (Å²) in [5, 5.41) is 4.71. The minimum Gasteiger partial charge on any atom is -0.313 e. The molecule has 84 valence electrons. The first-order chi connectivity index (χ1) is 7.79. The largest absolute Gasteiger partial charge is 0.313 e. The molecule has 0 saturated carbocycles. The summed E-state index contributed by atoms with van der Waals surface area (Å²) in [6.45, 7) is 0. The van der Waals surface area contributed by atoms with Gasteiger partial charge in [0.25, 0.3) is 0 Å². The smallest absolute Gasteiger partial charge is 0.148 e. The highest BCUT2D eigenvalue weighted by atomic mass is 32.2. The second kappa shape index (κ2) is 5.24. The number of nitrogens with one attached hydrogen (secondary N) is 1. The molecule has 0 aliphatic heterocycles. The number of nitrogen functional groups attached to an aromatic ring is 1. The fourth-order valence-electron chi connectivity index (χ4n) is 1.10. The van der Waals surface area contributed by atoms with Crippen LogP contribution in [0.15, 0.2) is 29.2 Å². The molecule has 0 aliphatic carbocycles. The number of hydrazine groups is 1. The van der Waals surface area contributed by atoms with Crippen molar-refractivity contribution in [3.8, 4) is 0 Å². The molecule has 0 aliphatic rings. The zero-order valence-electron chi connectivity index (χ0n) is 8.18. The number of thioether (sulfide) groups is 1. The Hall–Kier alpha value is -1.18. The Balaban J connectivity index is 1.99. The molecular formula is C9H9FN4S2. The van der Waals surface area contributed by atoms with E-state index in [-0.39, 0.29) is 5.82 Å². The van der Waals surface area contributed by atoms with Crippen LogP contribution in [-0.4, -0.2) is 9.59 Å². The van der Waals surface area contributed by atoms with Gasteiger partial charge in [-0.2, -0.15) is 0 Å². The van der Waals surface area contributed by atoms with E-state index >= 15 is 0 Å². The van der Waals surface area contributed by atoms with E-state index in [1.54, 1.807) is 23.9 Å². The maximum Gasteiger partial charge on any atom is 0.148 e. The third-order valence-electron chi connectivity index (χ3n) is 1.88. The number of aromatic nitrogens is 2. The quantitative estimate of drug-likeness (QED) is 0.499. The summed E-state index contributed by atoms with van der Waals surface area (Å²) in [5.74, 6) is 5.73. The predicted molar refractivity (Wildman–Crippen MR) is 63.7 cm³/mol. The van der Waals surface area contributed by atoms with Crippen molar-refractivity contribution < 1.29 is 4.39 Å². The molecule has 4 nitrogen and oxygen atoms in total. The van der Waals surface area contributed by atoms with Crippen LogP contribution in [0.1, 0.15) is 5.69 Å². The van der Waals surface area contributed by atoms with Gasteiger partial charge < -0.3 is 5.43 Å². The van der Waals surface area contributed by atoms with Gasteiger partial charge in [0, 0.05) is 22.2 Å². The van der Waals surface area contributed by atoms with Crippen molar-refractivity contribution in [3.63, 3.8) is 0 Å². The van der Waals surface area contributed by atoms with Crippen LogP contribution in [0, 0.1) is 5.82 Å². The first kappa shape index (κ1) is 11.3. The molecule has 1 aromatic heterocycles. The lowest BCUT2D eigenvalue weighted by Gasteiger charge is -2.00. The monoisotopic (exact) mass is 256 g/mol. The van der Waals surface area contributed by atoms with Crippen molar-refractivity contribution in [3.05, 3.63) is 35.8 Å². The second-order valence-corrected chi connectivity index (χ2v) is 4.74. The van der Waals surface area contributed by atoms with Crippen LogP contribution in [0.25, 0.3) is 0 Å². The van der Waals surface area contributed by atoms with Gasteiger partial charge in [-0.25, -0.2) is 10.2 Å². The Bertz CT molecular complexity index is 457. The normalized spacial score (nSPS) is 10.4. The Labute approximate surface area is 100 Å². The summed E-state index contributed by atoms with van der Waals surface area (Å²) in [7, 11) is 0. The van der Waals surface area contributed by atoms with Crippen molar-refractivity contribution >= 4 is 28.3 Å². The standard InChI is InChI=1S/C9H9FN4S2/c10-6-1-3-7(4-2-6)15-5-8-9(12-11)16-14-13-8/h1-4,12H,5,11H2. The van der Waals surface area contributed by atoms with Crippen molar-refractivity contribution in [1.82, 2.24) is 9.59 Å². The molecule has 3 N–H and O–H groups in total. The molecule has 0 spiro atoms. The van der Waals surface area contributed by atoms with Crippen LogP contribution in [0.4, 0.5) is 9.39 Å². The molecule has 2 aromatic rings. The van der Waals surface area contributed by atoms with Gasteiger partial charge in [0.05, 0.1) is 0 Å². The lowest BCUT2D eigenvalue weighted by molar-refractivity contribution is 0.626. The molecule has 1 heterocycles. The van der Waals surface area contributed by atoms with E-state index in [9.17, 15) is 4.39 Å². The molecule has 16 heavy (non-hydrogen) atoms. The van der Waals surface area contributed by atoms with Crippen LogP contribution >= 0.6 is 23.3 Å². The number of hydrogen-bond acceptors (Lipinski definition) is 6. The van der Waals surface area contributed by atoms with Crippen molar-refractivity contribution in [1.29, 1.82) is 0 Å². The number of hydrogen-bond donors (Lipinski definition) is 2. The zero-order chi connectivity index (χ0) is 11.4. The van der Waals surface area contributed by atoms with E-state index in [2.05, 4.69) is 15.0 Å². The lowest BCUT2D eigenvalue weighted by atomic mass is 10.4. The van der Waals surface area contributed by atoms with Gasteiger partial charge in [0.2, 0.25) is 0 Å². The average Bonchev–Trinajstić information content (AvgIpc) is 2.76. The van der Waals surface area contributed by atoms with Gasteiger partial charge in [0.15, 0.2) is 0 Å². The SMILES string of the molecule is NNc1snnc1CSc1ccc(F)cc1. The Kier molecular flexibility index (Phi) is 3.70. The highest BCUT2D eigenvalue weighted by Crippen LogP contribution is 2.26. The fraction of sp³-hybridized carbons (Fsp3) is 0.111. The van der Waals surface area contributed by atoms with Gasteiger partial charge in [-0.15, -0.1) is 16.9 Å². The summed E-state index contributed by atoms with van der Waals surface area (Å²) in [6, 6.07) is 6.33. The topological polar surface area (TPSA) is 63.8 Å². The second-order valence-electron chi connectivity index (χ2n) is 2.94. The zero-order valence-corrected chi connectivity index (χ0v) is 9.82. The molecule has 0 saturated heterocycles. The van der Waals surface area contributed by atoms with Crippen molar-refractivity contribution in [2.24, 2.45) is 5.84 Å². The summed E-state index contributed by atoms with van der Waals surface area (Å²) in [4.78, 5) is 0.984. The van der Waals surface area contributed by atoms with Crippen LogP contribution in [0.2, 0.25) is 0 Å². The first-order valence-electron chi connectivity index (χ1n) is 4.46. The minimum atomic E-state index is -0.232. The molecule has 0 bridgehead atoms. The number of halogens is 1. The van der Waals surface area contributed by atoms with Gasteiger partial charge in [-0.05, 0) is 24.3 Å². The summed E-state index contributed by atoms with van der Waals surface area (Å²) < 4.78 is 16.5. The van der Waals surface area contributed by atoms with Crippen LogP contribution in [0.5, 0.6) is 0 Å². The van der Waals surface area contributed by atoms with Crippen LogP contribution in [0.3, 0.4) is 0 Å². The van der Waals surface area contributed by atoms with Crippen molar-refractivity contribution in [2.75, 3.05) is 5.43 Å². The van der Waals surface area contributed by atoms with Gasteiger partial charge in [0.1, 0.15) is 16.5 Å². The molecule has 0 unspecified atom stereocenters. The maximum atomic E-state index is 12.7. The fourth-order valence-corrected chi connectivity index (χ4v) is 2.51. The van der Waals surface area contributed by atoms with E-state index in [0.717, 1.165) is 15.6 Å². The molecule has 2 rings (SSSR count). The Morgan fingerprint density at radius 1 is 1.38 bits per heavy atom. The van der Waals surface area contributed by atoms with E-state index in [4.69, 9.17) is 5.84 Å². The number of rotatable bonds is 4. The molecule has 1 aromatic carbocycles. The van der Waals surface area contributed by atoms with Gasteiger partial charge >= 0.3 is 0 Å². The predicted octanol–water partition coefficient (Wildman–Crippen LogP) is 2.26. The molecule has 0 amide bonds. The molecule has 0 radical (unpaired) electrons.